The average molecular weight is 239 g/mol. The van der Waals surface area contributed by atoms with Gasteiger partial charge in [0.05, 0.1) is 0 Å². The lowest BCUT2D eigenvalue weighted by Crippen LogP contribution is -2.45. The Kier molecular flexibility index (Phi) is 4.36. The van der Waals surface area contributed by atoms with E-state index < -0.39 is 0 Å². The Morgan fingerprint density at radius 2 is 2.18 bits per heavy atom. The van der Waals surface area contributed by atoms with E-state index in [4.69, 9.17) is 0 Å². The Morgan fingerprint density at radius 3 is 2.94 bits per heavy atom. The zero-order valence-corrected chi connectivity index (χ0v) is 10.1. The zero-order valence-electron chi connectivity index (χ0n) is 10.1. The second-order valence-corrected chi connectivity index (χ2v) is 4.97. The van der Waals surface area contributed by atoms with Gasteiger partial charge in [-0.2, -0.15) is 0 Å². The van der Waals surface area contributed by atoms with Gasteiger partial charge in [0, 0.05) is 13.0 Å². The molecular formula is C12H21N3O2. The van der Waals surface area contributed by atoms with Gasteiger partial charge in [-0.15, -0.1) is 0 Å². The molecule has 5 heteroatoms. The van der Waals surface area contributed by atoms with Crippen molar-refractivity contribution in [2.45, 2.75) is 38.1 Å². The number of carbonyl (C=O) groups is 2. The summed E-state index contributed by atoms with van der Waals surface area (Å²) in [6.07, 6.45) is 4.36. The van der Waals surface area contributed by atoms with Crippen LogP contribution in [0.1, 0.15) is 32.1 Å². The normalized spacial score (nSPS) is 29.5. The van der Waals surface area contributed by atoms with E-state index in [1.165, 1.54) is 0 Å². The molecule has 2 heterocycles. The maximum Gasteiger partial charge on any atom is 0.242 e. The molecule has 5 nitrogen and oxygen atoms in total. The molecule has 2 amide bonds. The third-order valence-electron chi connectivity index (χ3n) is 3.51. The van der Waals surface area contributed by atoms with E-state index in [-0.39, 0.29) is 17.9 Å². The number of nitrogens with one attached hydrogen (secondary N) is 3. The summed E-state index contributed by atoms with van der Waals surface area (Å²) in [5.41, 5.74) is 0. The number of carbonyl (C=O) groups excluding carboxylic acids is 2. The molecule has 2 aliphatic rings. The summed E-state index contributed by atoms with van der Waals surface area (Å²) in [4.78, 5) is 23.5. The van der Waals surface area contributed by atoms with Crippen LogP contribution in [0.25, 0.3) is 0 Å². The van der Waals surface area contributed by atoms with E-state index in [1.807, 2.05) is 0 Å². The van der Waals surface area contributed by atoms with Crippen LogP contribution in [0.3, 0.4) is 0 Å². The largest absolute Gasteiger partial charge is 0.354 e. The predicted molar refractivity (Wildman–Crippen MR) is 64.4 cm³/mol. The van der Waals surface area contributed by atoms with E-state index in [2.05, 4.69) is 16.0 Å². The highest BCUT2D eigenvalue weighted by Crippen LogP contribution is 2.12. The van der Waals surface area contributed by atoms with Crippen LogP contribution in [0.2, 0.25) is 0 Å². The van der Waals surface area contributed by atoms with Gasteiger partial charge in [0.25, 0.3) is 0 Å². The van der Waals surface area contributed by atoms with E-state index in [9.17, 15) is 9.59 Å². The van der Waals surface area contributed by atoms with E-state index in [0.717, 1.165) is 45.3 Å². The first-order valence-electron chi connectivity index (χ1n) is 6.53. The first kappa shape index (κ1) is 12.4. The third-order valence-corrected chi connectivity index (χ3v) is 3.51. The number of amides is 2. The summed E-state index contributed by atoms with van der Waals surface area (Å²) in [6, 6.07) is -0.320. The molecule has 0 aliphatic carbocycles. The fourth-order valence-corrected chi connectivity index (χ4v) is 2.48. The standard InChI is InChI=1S/C12H21N3O2/c16-11(7-9-4-6-13-8-9)15-10-3-1-2-5-14-12(10)17/h9-10,13H,1-8H2,(H,14,17)(H,15,16). The van der Waals surface area contributed by atoms with Crippen molar-refractivity contribution in [3.05, 3.63) is 0 Å². The first-order chi connectivity index (χ1) is 8.25. The van der Waals surface area contributed by atoms with Gasteiger partial charge in [-0.3, -0.25) is 9.59 Å². The van der Waals surface area contributed by atoms with Gasteiger partial charge in [0.15, 0.2) is 0 Å². The molecule has 0 bridgehead atoms. The molecule has 2 aliphatic heterocycles. The molecule has 2 unspecified atom stereocenters. The Hall–Kier alpha value is -1.10. The Balaban J connectivity index is 1.77. The van der Waals surface area contributed by atoms with Gasteiger partial charge in [-0.25, -0.2) is 0 Å². The van der Waals surface area contributed by atoms with Crippen LogP contribution < -0.4 is 16.0 Å². The minimum atomic E-state index is -0.320. The summed E-state index contributed by atoms with van der Waals surface area (Å²) < 4.78 is 0. The van der Waals surface area contributed by atoms with Gasteiger partial charge in [-0.05, 0) is 44.7 Å². The smallest absolute Gasteiger partial charge is 0.242 e. The lowest BCUT2D eigenvalue weighted by Gasteiger charge is -2.16. The molecule has 0 saturated carbocycles. The highest BCUT2D eigenvalue weighted by atomic mass is 16.2. The Bertz CT molecular complexity index is 287. The van der Waals surface area contributed by atoms with Gasteiger partial charge < -0.3 is 16.0 Å². The van der Waals surface area contributed by atoms with Crippen molar-refractivity contribution in [2.75, 3.05) is 19.6 Å². The van der Waals surface area contributed by atoms with Crippen LogP contribution in [-0.2, 0) is 9.59 Å². The molecule has 0 spiro atoms. The minimum Gasteiger partial charge on any atom is -0.354 e. The molecular weight excluding hydrogens is 218 g/mol. The van der Waals surface area contributed by atoms with E-state index in [0.29, 0.717) is 12.3 Å². The van der Waals surface area contributed by atoms with Gasteiger partial charge >= 0.3 is 0 Å². The van der Waals surface area contributed by atoms with Crippen LogP contribution in [-0.4, -0.2) is 37.5 Å². The van der Waals surface area contributed by atoms with Gasteiger partial charge in [0.2, 0.25) is 11.8 Å². The summed E-state index contributed by atoms with van der Waals surface area (Å²) >= 11 is 0. The van der Waals surface area contributed by atoms with Crippen molar-refractivity contribution in [3.8, 4) is 0 Å². The van der Waals surface area contributed by atoms with Crippen LogP contribution in [0, 0.1) is 5.92 Å². The topological polar surface area (TPSA) is 70.2 Å². The summed E-state index contributed by atoms with van der Waals surface area (Å²) in [5, 5.41) is 8.93. The summed E-state index contributed by atoms with van der Waals surface area (Å²) in [6.45, 7) is 2.66. The molecule has 96 valence electrons. The Morgan fingerprint density at radius 1 is 1.29 bits per heavy atom. The Labute approximate surface area is 102 Å². The first-order valence-corrected chi connectivity index (χ1v) is 6.53. The van der Waals surface area contributed by atoms with Crippen LogP contribution >= 0.6 is 0 Å². The monoisotopic (exact) mass is 239 g/mol. The maximum absolute atomic E-state index is 11.8. The highest BCUT2D eigenvalue weighted by Gasteiger charge is 2.24. The van der Waals surface area contributed by atoms with Crippen molar-refractivity contribution < 1.29 is 9.59 Å². The van der Waals surface area contributed by atoms with Crippen molar-refractivity contribution in [1.82, 2.24) is 16.0 Å². The van der Waals surface area contributed by atoms with Crippen LogP contribution in [0.4, 0.5) is 0 Å². The zero-order chi connectivity index (χ0) is 12.1. The summed E-state index contributed by atoms with van der Waals surface area (Å²) in [5.74, 6) is 0.421. The molecule has 3 N–H and O–H groups in total. The molecule has 0 radical (unpaired) electrons. The third kappa shape index (κ3) is 3.70. The second-order valence-electron chi connectivity index (χ2n) is 4.97. The second kappa shape index (κ2) is 6.00. The maximum atomic E-state index is 11.8. The molecule has 0 aromatic carbocycles. The summed E-state index contributed by atoms with van der Waals surface area (Å²) in [7, 11) is 0. The fourth-order valence-electron chi connectivity index (χ4n) is 2.48. The molecule has 0 aromatic rings. The molecule has 2 atom stereocenters. The van der Waals surface area contributed by atoms with Crippen molar-refractivity contribution in [1.29, 1.82) is 0 Å². The highest BCUT2D eigenvalue weighted by molar-refractivity contribution is 5.87. The van der Waals surface area contributed by atoms with Crippen molar-refractivity contribution in [2.24, 2.45) is 5.92 Å². The average Bonchev–Trinajstić information content (AvgIpc) is 2.71. The number of hydrogen-bond donors (Lipinski definition) is 3. The molecule has 2 saturated heterocycles. The number of rotatable bonds is 3. The molecule has 0 aromatic heterocycles. The van der Waals surface area contributed by atoms with Crippen molar-refractivity contribution >= 4 is 11.8 Å². The SMILES string of the molecule is O=C(CC1CCNC1)NC1CCCCNC1=O. The fraction of sp³-hybridized carbons (Fsp3) is 0.833. The predicted octanol–water partition coefficient (Wildman–Crippen LogP) is -0.229. The van der Waals surface area contributed by atoms with Crippen LogP contribution in [0.5, 0.6) is 0 Å². The minimum absolute atomic E-state index is 0.0146. The molecule has 17 heavy (non-hydrogen) atoms. The van der Waals surface area contributed by atoms with Gasteiger partial charge in [0.1, 0.15) is 6.04 Å². The van der Waals surface area contributed by atoms with E-state index >= 15 is 0 Å². The molecule has 2 fully saturated rings. The van der Waals surface area contributed by atoms with Crippen LogP contribution in [0.15, 0.2) is 0 Å². The lowest BCUT2D eigenvalue weighted by molar-refractivity contribution is -0.129. The molecule has 2 rings (SSSR count). The number of hydrogen-bond acceptors (Lipinski definition) is 3. The lowest BCUT2D eigenvalue weighted by atomic mass is 10.0. The van der Waals surface area contributed by atoms with E-state index in [1.54, 1.807) is 0 Å². The van der Waals surface area contributed by atoms with Gasteiger partial charge in [-0.1, -0.05) is 0 Å². The quantitative estimate of drug-likeness (QED) is 0.637. The van der Waals surface area contributed by atoms with Crippen molar-refractivity contribution in [3.63, 3.8) is 0 Å².